The second-order valence-corrected chi connectivity index (χ2v) is 4.01. The Hall–Kier alpha value is -0.960. The van der Waals surface area contributed by atoms with Crippen LogP contribution in [0, 0.1) is 13.8 Å². The smallest absolute Gasteiger partial charge is 0.167 e. The zero-order chi connectivity index (χ0) is 10.1. The van der Waals surface area contributed by atoms with Gasteiger partial charge in [0.2, 0.25) is 0 Å². The third-order valence-electron chi connectivity index (χ3n) is 2.34. The fraction of sp³-hybridized carbons (Fsp3) is 0.364. The van der Waals surface area contributed by atoms with Crippen molar-refractivity contribution < 1.29 is 4.52 Å². The first-order valence-electron chi connectivity index (χ1n) is 4.68. The van der Waals surface area contributed by atoms with E-state index in [1.807, 2.05) is 6.07 Å². The van der Waals surface area contributed by atoms with Crippen LogP contribution in [0.1, 0.15) is 16.8 Å². The fourth-order valence-corrected chi connectivity index (χ4v) is 2.01. The molecule has 3 heteroatoms. The molecule has 0 N–H and O–H groups in total. The Balaban J connectivity index is 2.66. The maximum absolute atomic E-state index is 5.28. The molecule has 0 amide bonds. The lowest BCUT2D eigenvalue weighted by atomic mass is 10.1. The number of fused-ring (bicyclic) bond motifs is 1. The number of aromatic nitrogens is 1. The minimum absolute atomic E-state index is 0.801. The molecule has 0 atom stereocenters. The lowest BCUT2D eigenvalue weighted by Crippen LogP contribution is -1.88. The van der Waals surface area contributed by atoms with Gasteiger partial charge in [-0.05, 0) is 36.8 Å². The lowest BCUT2D eigenvalue weighted by Gasteiger charge is -1.98. The van der Waals surface area contributed by atoms with Crippen molar-refractivity contribution in [1.29, 1.82) is 0 Å². The molecular formula is C11H13NOS. The van der Waals surface area contributed by atoms with Gasteiger partial charge in [0.05, 0.1) is 5.69 Å². The molecule has 2 aromatic rings. The van der Waals surface area contributed by atoms with Crippen molar-refractivity contribution in [2.75, 3.05) is 5.75 Å². The van der Waals surface area contributed by atoms with Crippen LogP contribution in [0.5, 0.6) is 0 Å². The van der Waals surface area contributed by atoms with Crippen molar-refractivity contribution in [3.05, 3.63) is 29.0 Å². The summed E-state index contributed by atoms with van der Waals surface area (Å²) in [5, 5.41) is 5.22. The van der Waals surface area contributed by atoms with E-state index in [-0.39, 0.29) is 0 Å². The van der Waals surface area contributed by atoms with Gasteiger partial charge >= 0.3 is 0 Å². The average molecular weight is 207 g/mol. The molecule has 0 bridgehead atoms. The minimum Gasteiger partial charge on any atom is -0.356 e. The van der Waals surface area contributed by atoms with Crippen molar-refractivity contribution in [2.24, 2.45) is 0 Å². The monoisotopic (exact) mass is 207 g/mol. The Morgan fingerprint density at radius 1 is 1.36 bits per heavy atom. The number of hydrogen-bond acceptors (Lipinski definition) is 3. The Labute approximate surface area is 88.7 Å². The van der Waals surface area contributed by atoms with E-state index in [1.54, 1.807) is 0 Å². The second-order valence-electron chi connectivity index (χ2n) is 3.56. The maximum Gasteiger partial charge on any atom is 0.167 e. The number of nitrogens with zero attached hydrogens (tertiary/aromatic N) is 1. The summed E-state index contributed by atoms with van der Waals surface area (Å²) in [6.07, 6.45) is 0.861. The van der Waals surface area contributed by atoms with Crippen molar-refractivity contribution in [3.63, 3.8) is 0 Å². The van der Waals surface area contributed by atoms with Crippen LogP contribution >= 0.6 is 12.6 Å². The topological polar surface area (TPSA) is 26.0 Å². The van der Waals surface area contributed by atoms with Gasteiger partial charge in [-0.2, -0.15) is 12.6 Å². The Morgan fingerprint density at radius 2 is 2.14 bits per heavy atom. The van der Waals surface area contributed by atoms with Gasteiger partial charge in [0.25, 0.3) is 0 Å². The maximum atomic E-state index is 5.28. The van der Waals surface area contributed by atoms with Gasteiger partial charge in [-0.3, -0.25) is 0 Å². The van der Waals surface area contributed by atoms with Crippen LogP contribution in [0.4, 0.5) is 0 Å². The predicted octanol–water partition coefficient (Wildman–Crippen LogP) is 2.92. The largest absolute Gasteiger partial charge is 0.356 e. The summed E-state index contributed by atoms with van der Waals surface area (Å²) in [7, 11) is 0. The zero-order valence-corrected chi connectivity index (χ0v) is 9.27. The van der Waals surface area contributed by atoms with Crippen LogP contribution in [0.15, 0.2) is 16.7 Å². The molecule has 0 radical (unpaired) electrons. The summed E-state index contributed by atoms with van der Waals surface area (Å²) in [6.45, 7) is 4.15. The molecule has 0 aliphatic heterocycles. The molecule has 0 aliphatic rings. The van der Waals surface area contributed by atoms with E-state index in [4.69, 9.17) is 4.52 Å². The number of hydrogen-bond donors (Lipinski definition) is 1. The number of thiol groups is 1. The van der Waals surface area contributed by atoms with Crippen LogP contribution < -0.4 is 0 Å². The van der Waals surface area contributed by atoms with Gasteiger partial charge < -0.3 is 4.52 Å². The molecule has 2 rings (SSSR count). The number of aryl methyl sites for hydroxylation is 3. The summed E-state index contributed by atoms with van der Waals surface area (Å²) in [4.78, 5) is 0. The summed E-state index contributed by atoms with van der Waals surface area (Å²) in [5.41, 5.74) is 4.35. The molecule has 14 heavy (non-hydrogen) atoms. The first-order chi connectivity index (χ1) is 6.72. The average Bonchev–Trinajstić information content (AvgIpc) is 2.49. The SMILES string of the molecule is Cc1cc(C)c2c(CCS)noc2c1. The molecule has 0 saturated heterocycles. The van der Waals surface area contributed by atoms with Crippen molar-refractivity contribution in [1.82, 2.24) is 5.16 Å². The normalized spacial score (nSPS) is 11.1. The van der Waals surface area contributed by atoms with Gasteiger partial charge in [0, 0.05) is 11.8 Å². The standard InChI is InChI=1S/C11H13NOS/c1-7-5-8(2)11-9(3-4-14)12-13-10(11)6-7/h5-6,14H,3-4H2,1-2H3. The minimum atomic E-state index is 0.801. The summed E-state index contributed by atoms with van der Waals surface area (Å²) >= 11 is 4.21. The van der Waals surface area contributed by atoms with E-state index >= 15 is 0 Å². The first kappa shape index (κ1) is 9.59. The molecular weight excluding hydrogens is 194 g/mol. The van der Waals surface area contributed by atoms with E-state index in [9.17, 15) is 0 Å². The molecule has 0 fully saturated rings. The molecule has 1 heterocycles. The van der Waals surface area contributed by atoms with Crippen LogP contribution in [-0.4, -0.2) is 10.9 Å². The van der Waals surface area contributed by atoms with Gasteiger partial charge in [0.15, 0.2) is 5.58 Å². The fourth-order valence-electron chi connectivity index (χ4n) is 1.80. The van der Waals surface area contributed by atoms with Crippen LogP contribution in [-0.2, 0) is 6.42 Å². The third kappa shape index (κ3) is 1.52. The molecule has 1 aromatic heterocycles. The number of rotatable bonds is 2. The molecule has 1 aromatic carbocycles. The molecule has 0 aliphatic carbocycles. The molecule has 2 nitrogen and oxygen atoms in total. The highest BCUT2D eigenvalue weighted by molar-refractivity contribution is 7.80. The third-order valence-corrected chi connectivity index (χ3v) is 2.56. The van der Waals surface area contributed by atoms with Gasteiger partial charge in [-0.1, -0.05) is 11.2 Å². The Kier molecular flexibility index (Phi) is 2.50. The van der Waals surface area contributed by atoms with E-state index < -0.39 is 0 Å². The number of benzene rings is 1. The molecule has 0 spiro atoms. The van der Waals surface area contributed by atoms with Crippen LogP contribution in [0.25, 0.3) is 11.0 Å². The van der Waals surface area contributed by atoms with E-state index in [0.717, 1.165) is 28.8 Å². The Morgan fingerprint density at radius 3 is 2.86 bits per heavy atom. The van der Waals surface area contributed by atoms with Gasteiger partial charge in [-0.15, -0.1) is 0 Å². The highest BCUT2D eigenvalue weighted by Crippen LogP contribution is 2.24. The lowest BCUT2D eigenvalue weighted by molar-refractivity contribution is 0.447. The highest BCUT2D eigenvalue weighted by Gasteiger charge is 2.10. The predicted molar refractivity (Wildman–Crippen MR) is 61.0 cm³/mol. The van der Waals surface area contributed by atoms with Crippen LogP contribution in [0.3, 0.4) is 0 Å². The van der Waals surface area contributed by atoms with Crippen molar-refractivity contribution >= 4 is 23.6 Å². The summed E-state index contributed by atoms with van der Waals surface area (Å²) in [5.74, 6) is 0.801. The Bertz CT molecular complexity index is 462. The first-order valence-corrected chi connectivity index (χ1v) is 5.32. The van der Waals surface area contributed by atoms with Crippen molar-refractivity contribution in [3.8, 4) is 0 Å². The quantitative estimate of drug-likeness (QED) is 0.766. The van der Waals surface area contributed by atoms with Gasteiger partial charge in [-0.25, -0.2) is 0 Å². The van der Waals surface area contributed by atoms with Gasteiger partial charge in [0.1, 0.15) is 0 Å². The molecule has 0 saturated carbocycles. The summed E-state index contributed by atoms with van der Waals surface area (Å²) in [6, 6.07) is 4.18. The molecule has 0 unspecified atom stereocenters. The van der Waals surface area contributed by atoms with E-state index in [2.05, 4.69) is 37.7 Å². The highest BCUT2D eigenvalue weighted by atomic mass is 32.1. The molecule has 74 valence electrons. The van der Waals surface area contributed by atoms with E-state index in [1.165, 1.54) is 11.1 Å². The second kappa shape index (κ2) is 3.65. The zero-order valence-electron chi connectivity index (χ0n) is 8.37. The van der Waals surface area contributed by atoms with E-state index in [0.29, 0.717) is 0 Å². The van der Waals surface area contributed by atoms with Crippen molar-refractivity contribution in [2.45, 2.75) is 20.3 Å². The van der Waals surface area contributed by atoms with Crippen LogP contribution in [0.2, 0.25) is 0 Å². The summed E-state index contributed by atoms with van der Waals surface area (Å²) < 4.78 is 5.28.